The first-order valence-corrected chi connectivity index (χ1v) is 8.03. The number of piperazine rings is 1. The Morgan fingerprint density at radius 1 is 1.27 bits per heavy atom. The highest BCUT2D eigenvalue weighted by Gasteiger charge is 2.21. The number of aliphatic hydroxyl groups excluding tert-OH is 1. The number of aliphatic hydroxyl groups is 1. The molecule has 22 heavy (non-hydrogen) atoms. The lowest BCUT2D eigenvalue weighted by Crippen LogP contribution is -2.50. The SMILES string of the molecule is CCC(=O)N1CCN(CC(O)COc2ccc(Cl)cc2)CC1. The van der Waals surface area contributed by atoms with Gasteiger partial charge in [0.25, 0.3) is 0 Å². The molecule has 5 nitrogen and oxygen atoms in total. The lowest BCUT2D eigenvalue weighted by atomic mass is 10.2. The Kier molecular flexibility index (Phi) is 6.49. The molecule has 6 heteroatoms. The maximum Gasteiger partial charge on any atom is 0.222 e. The van der Waals surface area contributed by atoms with Crippen molar-refractivity contribution in [3.63, 3.8) is 0 Å². The average molecular weight is 327 g/mol. The molecule has 1 unspecified atom stereocenters. The van der Waals surface area contributed by atoms with Gasteiger partial charge in [-0.05, 0) is 24.3 Å². The Labute approximate surface area is 136 Å². The van der Waals surface area contributed by atoms with Crippen LogP contribution in [0.5, 0.6) is 5.75 Å². The van der Waals surface area contributed by atoms with Crippen molar-refractivity contribution in [1.29, 1.82) is 0 Å². The van der Waals surface area contributed by atoms with Gasteiger partial charge in [0, 0.05) is 44.2 Å². The van der Waals surface area contributed by atoms with Gasteiger partial charge < -0.3 is 14.7 Å². The van der Waals surface area contributed by atoms with Crippen LogP contribution in [0.25, 0.3) is 0 Å². The molecule has 1 amide bonds. The first kappa shape index (κ1) is 17.1. The Bertz CT molecular complexity index is 473. The normalized spacial score (nSPS) is 17.3. The monoisotopic (exact) mass is 326 g/mol. The fraction of sp³-hybridized carbons (Fsp3) is 0.562. The topological polar surface area (TPSA) is 53.0 Å². The maximum absolute atomic E-state index is 11.6. The molecule has 0 saturated carbocycles. The highest BCUT2D eigenvalue weighted by atomic mass is 35.5. The van der Waals surface area contributed by atoms with Crippen LogP contribution < -0.4 is 4.74 Å². The van der Waals surface area contributed by atoms with Crippen LogP contribution >= 0.6 is 11.6 Å². The van der Waals surface area contributed by atoms with Gasteiger partial charge in [0.15, 0.2) is 0 Å². The minimum absolute atomic E-state index is 0.200. The van der Waals surface area contributed by atoms with Crippen LogP contribution in [0, 0.1) is 0 Å². The predicted octanol–water partition coefficient (Wildman–Crippen LogP) is 1.63. The summed E-state index contributed by atoms with van der Waals surface area (Å²) in [7, 11) is 0. The molecule has 122 valence electrons. The summed E-state index contributed by atoms with van der Waals surface area (Å²) >= 11 is 5.81. The lowest BCUT2D eigenvalue weighted by Gasteiger charge is -2.35. The average Bonchev–Trinajstić information content (AvgIpc) is 2.54. The van der Waals surface area contributed by atoms with E-state index in [1.807, 2.05) is 11.8 Å². The molecule has 0 aromatic heterocycles. The van der Waals surface area contributed by atoms with Gasteiger partial charge in [-0.25, -0.2) is 0 Å². The van der Waals surface area contributed by atoms with Gasteiger partial charge in [-0.1, -0.05) is 18.5 Å². The number of β-amino-alcohol motifs (C(OH)–C–C–N with tert-alkyl or cyclic N) is 1. The Morgan fingerprint density at radius 2 is 1.91 bits per heavy atom. The number of ether oxygens (including phenoxy) is 1. The first-order valence-electron chi connectivity index (χ1n) is 7.65. The van der Waals surface area contributed by atoms with Crippen LogP contribution in [0.4, 0.5) is 0 Å². The summed E-state index contributed by atoms with van der Waals surface area (Å²) in [4.78, 5) is 15.7. The molecule has 2 rings (SSSR count). The summed E-state index contributed by atoms with van der Waals surface area (Å²) < 4.78 is 5.54. The molecule has 0 spiro atoms. The zero-order valence-corrected chi connectivity index (χ0v) is 13.6. The standard InChI is InChI=1S/C16H23ClN2O3/c1-2-16(21)19-9-7-18(8-10-19)11-14(20)12-22-15-5-3-13(17)4-6-15/h3-6,14,20H,2,7-12H2,1H3. The van der Waals surface area contributed by atoms with Crippen molar-refractivity contribution in [1.82, 2.24) is 9.80 Å². The van der Waals surface area contributed by atoms with Crippen molar-refractivity contribution in [2.75, 3.05) is 39.3 Å². The molecule has 1 heterocycles. The summed E-state index contributed by atoms with van der Waals surface area (Å²) in [6, 6.07) is 7.08. The summed E-state index contributed by atoms with van der Waals surface area (Å²) in [5.74, 6) is 0.896. The van der Waals surface area contributed by atoms with Gasteiger partial charge in [-0.15, -0.1) is 0 Å². The van der Waals surface area contributed by atoms with Gasteiger partial charge in [0.05, 0.1) is 0 Å². The third kappa shape index (κ3) is 5.16. The van der Waals surface area contributed by atoms with E-state index in [1.54, 1.807) is 24.3 Å². The first-order chi connectivity index (χ1) is 10.6. The van der Waals surface area contributed by atoms with Crippen molar-refractivity contribution >= 4 is 17.5 Å². The van der Waals surface area contributed by atoms with E-state index in [0.717, 1.165) is 26.2 Å². The van der Waals surface area contributed by atoms with E-state index in [2.05, 4.69) is 4.90 Å². The maximum atomic E-state index is 11.6. The van der Waals surface area contributed by atoms with Gasteiger partial charge >= 0.3 is 0 Å². The minimum Gasteiger partial charge on any atom is -0.491 e. The summed E-state index contributed by atoms with van der Waals surface area (Å²) in [5, 5.41) is 10.7. The molecule has 1 aliphatic heterocycles. The Morgan fingerprint density at radius 3 is 2.50 bits per heavy atom. The molecule has 0 aliphatic carbocycles. The van der Waals surface area contributed by atoms with Crippen molar-refractivity contribution in [2.24, 2.45) is 0 Å². The summed E-state index contributed by atoms with van der Waals surface area (Å²) in [6.45, 7) is 5.74. The molecule has 1 N–H and O–H groups in total. The van der Waals surface area contributed by atoms with Gasteiger partial charge in [0.1, 0.15) is 18.5 Å². The van der Waals surface area contributed by atoms with E-state index in [9.17, 15) is 9.90 Å². The van der Waals surface area contributed by atoms with E-state index in [0.29, 0.717) is 23.7 Å². The number of hydrogen-bond donors (Lipinski definition) is 1. The zero-order valence-electron chi connectivity index (χ0n) is 12.9. The van der Waals surface area contributed by atoms with Crippen molar-refractivity contribution in [3.05, 3.63) is 29.3 Å². The van der Waals surface area contributed by atoms with Gasteiger partial charge in [-0.3, -0.25) is 9.69 Å². The van der Waals surface area contributed by atoms with Crippen LogP contribution in [0.1, 0.15) is 13.3 Å². The molecule has 0 radical (unpaired) electrons. The number of hydrogen-bond acceptors (Lipinski definition) is 4. The van der Waals surface area contributed by atoms with Crippen LogP contribution in [0.15, 0.2) is 24.3 Å². The molecule has 1 fully saturated rings. The quantitative estimate of drug-likeness (QED) is 0.863. The third-order valence-electron chi connectivity index (χ3n) is 3.75. The molecular weight excluding hydrogens is 304 g/mol. The minimum atomic E-state index is -0.552. The van der Waals surface area contributed by atoms with Crippen LogP contribution in [-0.2, 0) is 4.79 Å². The van der Waals surface area contributed by atoms with E-state index in [1.165, 1.54) is 0 Å². The molecule has 0 bridgehead atoms. The van der Waals surface area contributed by atoms with E-state index < -0.39 is 6.10 Å². The molecule has 1 aromatic rings. The second-order valence-electron chi connectivity index (χ2n) is 5.45. The largest absolute Gasteiger partial charge is 0.491 e. The van der Waals surface area contributed by atoms with Gasteiger partial charge in [-0.2, -0.15) is 0 Å². The second-order valence-corrected chi connectivity index (χ2v) is 5.89. The number of carbonyl (C=O) groups excluding carboxylic acids is 1. The smallest absolute Gasteiger partial charge is 0.222 e. The predicted molar refractivity (Wildman–Crippen MR) is 86.3 cm³/mol. The number of benzene rings is 1. The van der Waals surface area contributed by atoms with Crippen molar-refractivity contribution < 1.29 is 14.6 Å². The third-order valence-corrected chi connectivity index (χ3v) is 4.00. The summed E-state index contributed by atoms with van der Waals surface area (Å²) in [6.07, 6.45) is 0.00138. The zero-order chi connectivity index (χ0) is 15.9. The fourth-order valence-electron chi connectivity index (χ4n) is 2.48. The number of rotatable bonds is 6. The van der Waals surface area contributed by atoms with E-state index in [-0.39, 0.29) is 12.5 Å². The molecule has 1 atom stereocenters. The molecular formula is C16H23ClN2O3. The number of nitrogens with zero attached hydrogens (tertiary/aromatic N) is 2. The summed E-state index contributed by atoms with van der Waals surface area (Å²) in [5.41, 5.74) is 0. The van der Waals surface area contributed by atoms with Crippen molar-refractivity contribution in [3.8, 4) is 5.75 Å². The van der Waals surface area contributed by atoms with E-state index in [4.69, 9.17) is 16.3 Å². The lowest BCUT2D eigenvalue weighted by molar-refractivity contribution is -0.132. The van der Waals surface area contributed by atoms with Crippen LogP contribution in [0.2, 0.25) is 5.02 Å². The van der Waals surface area contributed by atoms with Crippen LogP contribution in [0.3, 0.4) is 0 Å². The number of halogens is 1. The highest BCUT2D eigenvalue weighted by molar-refractivity contribution is 6.30. The molecule has 1 aromatic carbocycles. The highest BCUT2D eigenvalue weighted by Crippen LogP contribution is 2.15. The number of amides is 1. The van der Waals surface area contributed by atoms with Crippen molar-refractivity contribution in [2.45, 2.75) is 19.4 Å². The Hall–Kier alpha value is -1.30. The van der Waals surface area contributed by atoms with E-state index >= 15 is 0 Å². The van der Waals surface area contributed by atoms with Crippen LogP contribution in [-0.4, -0.2) is 66.2 Å². The second kappa shape index (κ2) is 8.36. The fourth-order valence-corrected chi connectivity index (χ4v) is 2.60. The molecule has 1 saturated heterocycles. The van der Waals surface area contributed by atoms with Gasteiger partial charge in [0.2, 0.25) is 5.91 Å². The number of carbonyl (C=O) groups is 1. The Balaban J connectivity index is 1.68. The molecule has 1 aliphatic rings.